The lowest BCUT2D eigenvalue weighted by molar-refractivity contribution is -0.519. The lowest BCUT2D eigenvalue weighted by atomic mass is 10.1. The fraction of sp³-hybridized carbons (Fsp3) is 0.294. The van der Waals surface area contributed by atoms with Crippen LogP contribution in [0.3, 0.4) is 0 Å². The molecule has 2 aliphatic heterocycles. The minimum absolute atomic E-state index is 0.115. The van der Waals surface area contributed by atoms with Crippen LogP contribution in [0.4, 0.5) is 4.79 Å². The molecule has 1 atom stereocenters. The zero-order valence-electron chi connectivity index (χ0n) is 15.0. The number of aliphatic imine (C=N–C) groups is 1. The number of nitrogens with one attached hydrogen (secondary N) is 1. The Labute approximate surface area is 164 Å². The minimum atomic E-state index is -0.792. The van der Waals surface area contributed by atoms with Crippen molar-refractivity contribution in [3.8, 4) is 0 Å². The summed E-state index contributed by atoms with van der Waals surface area (Å²) in [4.78, 5) is 43.1. The molecule has 3 rings (SSSR count). The Kier molecular flexibility index (Phi) is 5.17. The molecule has 0 aliphatic carbocycles. The van der Waals surface area contributed by atoms with Crippen LogP contribution in [0.5, 0.6) is 0 Å². The van der Waals surface area contributed by atoms with Gasteiger partial charge in [-0.3, -0.25) is 19.4 Å². The molecule has 0 aromatic heterocycles. The van der Waals surface area contributed by atoms with Crippen LogP contribution < -0.4 is 5.43 Å². The SMILES string of the molecule is C/C(=N\NC(=O)C[N+]1=CN=C2C1C(=O)N(C)C(=O)N2C)c1ccc(Br)cc1. The molecule has 1 saturated heterocycles. The average Bonchev–Trinajstić information content (AvgIpc) is 3.07. The predicted octanol–water partition coefficient (Wildman–Crippen LogP) is 0.635. The van der Waals surface area contributed by atoms with Crippen molar-refractivity contribution in [3.63, 3.8) is 0 Å². The van der Waals surface area contributed by atoms with Crippen molar-refractivity contribution in [3.05, 3.63) is 34.3 Å². The van der Waals surface area contributed by atoms with Gasteiger partial charge in [0.1, 0.15) is 0 Å². The van der Waals surface area contributed by atoms with Crippen molar-refractivity contribution >= 4 is 51.7 Å². The van der Waals surface area contributed by atoms with E-state index in [1.165, 1.54) is 22.9 Å². The number of nitrogens with zero attached hydrogens (tertiary/aromatic N) is 5. The number of fused-ring (bicyclic) bond motifs is 1. The molecule has 0 spiro atoms. The van der Waals surface area contributed by atoms with Crippen molar-refractivity contribution in [2.45, 2.75) is 13.0 Å². The van der Waals surface area contributed by atoms with Gasteiger partial charge in [-0.1, -0.05) is 28.1 Å². The van der Waals surface area contributed by atoms with Crippen LogP contribution in [-0.4, -0.2) is 76.8 Å². The van der Waals surface area contributed by atoms with E-state index >= 15 is 0 Å². The molecule has 0 saturated carbocycles. The van der Waals surface area contributed by atoms with Crippen molar-refractivity contribution in [1.82, 2.24) is 15.2 Å². The zero-order valence-corrected chi connectivity index (χ0v) is 16.6. The Balaban J connectivity index is 1.65. The van der Waals surface area contributed by atoms with Gasteiger partial charge in [-0.25, -0.2) is 14.8 Å². The second-order valence-electron chi connectivity index (χ2n) is 6.16. The molecular weight excluding hydrogens is 416 g/mol. The molecule has 0 radical (unpaired) electrons. The molecule has 1 aromatic rings. The fourth-order valence-electron chi connectivity index (χ4n) is 2.78. The molecular formula is C17H18BrN6O3+. The molecule has 2 aliphatic rings. The smallest absolute Gasteiger partial charge is 0.269 e. The highest BCUT2D eigenvalue weighted by atomic mass is 79.9. The van der Waals surface area contributed by atoms with Crippen molar-refractivity contribution in [1.29, 1.82) is 0 Å². The number of imide groups is 1. The standard InChI is InChI=1S/C17H17BrN6O3/c1-10(11-4-6-12(18)7-5-11)20-21-13(25)8-24-9-19-15-14(24)16(26)23(3)17(27)22(15)2/h4-7,9,14H,8H2,1-3H3/p+1/b20-10+. The molecule has 140 valence electrons. The first-order valence-corrected chi connectivity index (χ1v) is 8.90. The number of amidine groups is 1. The number of likely N-dealkylation sites (N-methyl/N-ethyl adjacent to an activating group) is 2. The maximum absolute atomic E-state index is 12.4. The van der Waals surface area contributed by atoms with E-state index in [0.29, 0.717) is 11.5 Å². The van der Waals surface area contributed by atoms with Gasteiger partial charge in [0.25, 0.3) is 30.0 Å². The number of urea groups is 1. The van der Waals surface area contributed by atoms with E-state index < -0.39 is 23.9 Å². The number of benzene rings is 1. The molecule has 10 heteroatoms. The Bertz CT molecular complexity index is 906. The van der Waals surface area contributed by atoms with Crippen LogP contribution in [0.2, 0.25) is 0 Å². The number of rotatable bonds is 4. The first-order valence-electron chi connectivity index (χ1n) is 8.10. The topological polar surface area (TPSA) is 97.5 Å². The Morgan fingerprint density at radius 3 is 2.59 bits per heavy atom. The van der Waals surface area contributed by atoms with Gasteiger partial charge in [0.05, 0.1) is 5.71 Å². The van der Waals surface area contributed by atoms with Gasteiger partial charge < -0.3 is 0 Å². The van der Waals surface area contributed by atoms with E-state index in [2.05, 4.69) is 31.4 Å². The molecule has 4 amide bonds. The fourth-order valence-corrected chi connectivity index (χ4v) is 3.04. The van der Waals surface area contributed by atoms with E-state index in [4.69, 9.17) is 0 Å². The van der Waals surface area contributed by atoms with Crippen LogP contribution in [0.25, 0.3) is 0 Å². The lowest BCUT2D eigenvalue weighted by Crippen LogP contribution is -2.62. The van der Waals surface area contributed by atoms with E-state index in [0.717, 1.165) is 14.9 Å². The Hall–Kier alpha value is -2.88. The maximum atomic E-state index is 12.4. The third-order valence-electron chi connectivity index (χ3n) is 4.33. The van der Waals surface area contributed by atoms with E-state index in [9.17, 15) is 14.4 Å². The monoisotopic (exact) mass is 433 g/mol. The summed E-state index contributed by atoms with van der Waals surface area (Å²) in [5.41, 5.74) is 4.01. The molecule has 2 heterocycles. The molecule has 9 nitrogen and oxygen atoms in total. The largest absolute Gasteiger partial charge is 0.333 e. The second-order valence-corrected chi connectivity index (χ2v) is 7.07. The van der Waals surface area contributed by atoms with Crippen LogP contribution in [0.15, 0.2) is 38.8 Å². The molecule has 1 unspecified atom stereocenters. The molecule has 27 heavy (non-hydrogen) atoms. The quantitative estimate of drug-likeness (QED) is 0.428. The summed E-state index contributed by atoms with van der Waals surface area (Å²) < 4.78 is 2.44. The number of carbonyl (C=O) groups is 3. The van der Waals surface area contributed by atoms with E-state index in [1.54, 1.807) is 14.0 Å². The highest BCUT2D eigenvalue weighted by Crippen LogP contribution is 2.16. The Morgan fingerprint density at radius 2 is 1.93 bits per heavy atom. The summed E-state index contributed by atoms with van der Waals surface area (Å²) in [7, 11) is 2.95. The number of hydrogen-bond acceptors (Lipinski definition) is 5. The normalized spacial score (nSPS) is 19.7. The summed E-state index contributed by atoms with van der Waals surface area (Å²) in [5.74, 6) is -0.507. The van der Waals surface area contributed by atoms with Crippen LogP contribution in [0.1, 0.15) is 12.5 Å². The van der Waals surface area contributed by atoms with Gasteiger partial charge in [0.2, 0.25) is 0 Å². The van der Waals surface area contributed by atoms with Gasteiger partial charge in [0, 0.05) is 18.6 Å². The molecule has 1 aromatic carbocycles. The molecule has 1 N–H and O–H groups in total. The van der Waals surface area contributed by atoms with Crippen molar-refractivity contribution in [2.24, 2.45) is 10.1 Å². The summed E-state index contributed by atoms with van der Waals surface area (Å²) in [6.07, 6.45) is 1.39. The van der Waals surface area contributed by atoms with E-state index in [1.807, 2.05) is 24.3 Å². The van der Waals surface area contributed by atoms with Crippen molar-refractivity contribution in [2.75, 3.05) is 20.6 Å². The number of carbonyl (C=O) groups excluding carboxylic acids is 3. The number of hydrogen-bond donors (Lipinski definition) is 1. The maximum Gasteiger partial charge on any atom is 0.333 e. The highest BCUT2D eigenvalue weighted by molar-refractivity contribution is 9.10. The first-order chi connectivity index (χ1) is 12.8. The molecule has 1 fully saturated rings. The third kappa shape index (κ3) is 3.65. The van der Waals surface area contributed by atoms with Gasteiger partial charge in [-0.15, -0.1) is 0 Å². The average molecular weight is 434 g/mol. The number of amides is 4. The molecule has 0 bridgehead atoms. The number of halogens is 1. The van der Waals surface area contributed by atoms with E-state index in [-0.39, 0.29) is 6.54 Å². The van der Waals surface area contributed by atoms with Crippen LogP contribution >= 0.6 is 15.9 Å². The van der Waals surface area contributed by atoms with Gasteiger partial charge in [0.15, 0.2) is 6.54 Å². The minimum Gasteiger partial charge on any atom is -0.269 e. The van der Waals surface area contributed by atoms with Gasteiger partial charge >= 0.3 is 6.03 Å². The predicted molar refractivity (Wildman–Crippen MR) is 103 cm³/mol. The summed E-state index contributed by atoms with van der Waals surface area (Å²) >= 11 is 3.37. The van der Waals surface area contributed by atoms with Gasteiger partial charge in [-0.2, -0.15) is 5.10 Å². The lowest BCUT2D eigenvalue weighted by Gasteiger charge is -2.30. The summed E-state index contributed by atoms with van der Waals surface area (Å²) in [6, 6.07) is 6.29. The second kappa shape index (κ2) is 7.39. The number of hydrazone groups is 1. The zero-order chi connectivity index (χ0) is 19.7. The first kappa shape index (κ1) is 18.9. The van der Waals surface area contributed by atoms with Crippen molar-refractivity contribution < 1.29 is 19.0 Å². The third-order valence-corrected chi connectivity index (χ3v) is 4.86. The van der Waals surface area contributed by atoms with Crippen LogP contribution in [-0.2, 0) is 9.59 Å². The highest BCUT2D eigenvalue weighted by Gasteiger charge is 2.50. The van der Waals surface area contributed by atoms with Gasteiger partial charge in [-0.05, 0) is 29.6 Å². The Morgan fingerprint density at radius 1 is 1.26 bits per heavy atom. The summed E-state index contributed by atoms with van der Waals surface area (Å²) in [6.45, 7) is 1.67. The van der Waals surface area contributed by atoms with Crippen LogP contribution in [0, 0.1) is 0 Å². The summed E-state index contributed by atoms with van der Waals surface area (Å²) in [5, 5.41) is 4.10.